The quantitative estimate of drug-likeness (QED) is 0.884. The third-order valence-corrected chi connectivity index (χ3v) is 4.74. The minimum atomic E-state index is -0.126. The maximum atomic E-state index is 14.4. The van der Waals surface area contributed by atoms with E-state index in [1.54, 1.807) is 13.0 Å². The number of aryl methyl sites for hydroxylation is 3. The Kier molecular flexibility index (Phi) is 5.17. The molecule has 1 aromatic carbocycles. The molecule has 0 amide bonds. The Balaban J connectivity index is 2.38. The van der Waals surface area contributed by atoms with Gasteiger partial charge in [0.15, 0.2) is 0 Å². The van der Waals surface area contributed by atoms with Crippen LogP contribution in [0.2, 0.25) is 0 Å². The average molecular weight is 354 g/mol. The molecule has 114 valence electrons. The first-order valence-electron chi connectivity index (χ1n) is 7.12. The number of benzene rings is 1. The van der Waals surface area contributed by atoms with Gasteiger partial charge >= 0.3 is 0 Å². The molecule has 1 atom stereocenters. The molecule has 0 saturated carbocycles. The van der Waals surface area contributed by atoms with Gasteiger partial charge in [0.05, 0.1) is 15.9 Å². The first kappa shape index (κ1) is 16.2. The second kappa shape index (κ2) is 6.71. The van der Waals surface area contributed by atoms with Gasteiger partial charge in [0.2, 0.25) is 0 Å². The standard InChI is InChI=1S/C16H21BrFN3/c1-5-19-13(12-8-6-7-10(2)16(12)18)9-14-15(17)11(3)20-21(14)4/h6-8,13,19H,5,9H2,1-4H3. The summed E-state index contributed by atoms with van der Waals surface area (Å²) in [4.78, 5) is 0. The van der Waals surface area contributed by atoms with Crippen molar-refractivity contribution in [1.29, 1.82) is 0 Å². The highest BCUT2D eigenvalue weighted by Crippen LogP contribution is 2.28. The van der Waals surface area contributed by atoms with Crippen molar-refractivity contribution in [2.24, 2.45) is 7.05 Å². The van der Waals surface area contributed by atoms with Crippen LogP contribution in [-0.2, 0) is 13.5 Å². The van der Waals surface area contributed by atoms with Crippen LogP contribution in [0.4, 0.5) is 4.39 Å². The fraction of sp³-hybridized carbons (Fsp3) is 0.438. The molecule has 0 aliphatic heterocycles. The van der Waals surface area contributed by atoms with Crippen LogP contribution < -0.4 is 5.32 Å². The van der Waals surface area contributed by atoms with E-state index in [9.17, 15) is 4.39 Å². The lowest BCUT2D eigenvalue weighted by atomic mass is 9.99. The second-order valence-corrected chi connectivity index (χ2v) is 6.06. The van der Waals surface area contributed by atoms with Gasteiger partial charge in [0, 0.05) is 25.1 Å². The number of aromatic nitrogens is 2. The summed E-state index contributed by atoms with van der Waals surface area (Å²) in [6.07, 6.45) is 0.687. The number of hydrogen-bond donors (Lipinski definition) is 1. The zero-order chi connectivity index (χ0) is 15.6. The zero-order valence-corrected chi connectivity index (χ0v) is 14.5. The van der Waals surface area contributed by atoms with Crippen molar-refractivity contribution in [2.75, 3.05) is 6.54 Å². The fourth-order valence-corrected chi connectivity index (χ4v) is 3.07. The number of halogens is 2. The van der Waals surface area contributed by atoms with Crippen molar-refractivity contribution < 1.29 is 4.39 Å². The fourth-order valence-electron chi connectivity index (χ4n) is 2.57. The number of nitrogens with one attached hydrogen (secondary N) is 1. The van der Waals surface area contributed by atoms with Gasteiger partial charge in [-0.15, -0.1) is 0 Å². The summed E-state index contributed by atoms with van der Waals surface area (Å²) in [6.45, 7) is 6.58. The molecule has 0 bridgehead atoms. The van der Waals surface area contributed by atoms with Crippen molar-refractivity contribution in [1.82, 2.24) is 15.1 Å². The van der Waals surface area contributed by atoms with Crippen LogP contribution in [0.25, 0.3) is 0 Å². The van der Waals surface area contributed by atoms with Crippen LogP contribution >= 0.6 is 15.9 Å². The van der Waals surface area contributed by atoms with Crippen LogP contribution in [0, 0.1) is 19.7 Å². The van der Waals surface area contributed by atoms with E-state index in [1.807, 2.05) is 37.7 Å². The van der Waals surface area contributed by atoms with Gasteiger partial charge in [-0.2, -0.15) is 5.10 Å². The van der Waals surface area contributed by atoms with Gasteiger partial charge in [-0.05, 0) is 41.9 Å². The van der Waals surface area contributed by atoms with Crippen LogP contribution in [-0.4, -0.2) is 16.3 Å². The Hall–Kier alpha value is -1.20. The molecule has 0 aliphatic rings. The molecule has 2 rings (SSSR count). The summed E-state index contributed by atoms with van der Waals surface area (Å²) in [5.41, 5.74) is 3.41. The van der Waals surface area contributed by atoms with Crippen molar-refractivity contribution in [3.63, 3.8) is 0 Å². The molecule has 0 saturated heterocycles. The summed E-state index contributed by atoms with van der Waals surface area (Å²) in [5, 5.41) is 7.78. The molecule has 5 heteroatoms. The van der Waals surface area contributed by atoms with E-state index in [0.29, 0.717) is 17.5 Å². The Labute approximate surface area is 133 Å². The maximum absolute atomic E-state index is 14.4. The van der Waals surface area contributed by atoms with Gasteiger partial charge in [0.1, 0.15) is 5.82 Å². The second-order valence-electron chi connectivity index (χ2n) is 5.26. The number of nitrogens with zero attached hydrogens (tertiary/aromatic N) is 2. The Morgan fingerprint density at radius 3 is 2.67 bits per heavy atom. The van der Waals surface area contributed by atoms with Crippen molar-refractivity contribution in [3.8, 4) is 0 Å². The molecule has 0 spiro atoms. The third kappa shape index (κ3) is 3.35. The van der Waals surface area contributed by atoms with Crippen molar-refractivity contribution >= 4 is 15.9 Å². The lowest BCUT2D eigenvalue weighted by Gasteiger charge is -2.20. The lowest BCUT2D eigenvalue weighted by Crippen LogP contribution is -2.25. The summed E-state index contributed by atoms with van der Waals surface area (Å²) < 4.78 is 17.3. The van der Waals surface area contributed by atoms with Gasteiger partial charge in [-0.3, -0.25) is 4.68 Å². The minimum Gasteiger partial charge on any atom is -0.310 e. The predicted molar refractivity (Wildman–Crippen MR) is 86.9 cm³/mol. The molecule has 3 nitrogen and oxygen atoms in total. The summed E-state index contributed by atoms with van der Waals surface area (Å²) in [5.74, 6) is -0.126. The molecule has 1 aromatic heterocycles. The Morgan fingerprint density at radius 2 is 2.10 bits per heavy atom. The summed E-state index contributed by atoms with van der Waals surface area (Å²) in [6, 6.07) is 5.49. The monoisotopic (exact) mass is 353 g/mol. The van der Waals surface area contributed by atoms with Crippen LogP contribution in [0.15, 0.2) is 22.7 Å². The van der Waals surface area contributed by atoms with Gasteiger partial charge in [-0.1, -0.05) is 25.1 Å². The molecule has 2 aromatic rings. The Bertz CT molecular complexity index is 637. The molecule has 0 radical (unpaired) electrons. The van der Waals surface area contributed by atoms with E-state index in [-0.39, 0.29) is 11.9 Å². The lowest BCUT2D eigenvalue weighted by molar-refractivity contribution is 0.494. The summed E-state index contributed by atoms with van der Waals surface area (Å²) in [7, 11) is 1.92. The van der Waals surface area contributed by atoms with E-state index >= 15 is 0 Å². The maximum Gasteiger partial charge on any atom is 0.130 e. The highest BCUT2D eigenvalue weighted by molar-refractivity contribution is 9.10. The van der Waals surface area contributed by atoms with E-state index < -0.39 is 0 Å². The van der Waals surface area contributed by atoms with E-state index in [1.165, 1.54) is 0 Å². The molecule has 0 aliphatic carbocycles. The minimum absolute atomic E-state index is 0.0685. The number of rotatable bonds is 5. The molecule has 1 heterocycles. The van der Waals surface area contributed by atoms with Crippen molar-refractivity contribution in [3.05, 3.63) is 51.0 Å². The first-order chi connectivity index (χ1) is 9.95. The first-order valence-corrected chi connectivity index (χ1v) is 7.91. The van der Waals surface area contributed by atoms with Crippen LogP contribution in [0.3, 0.4) is 0 Å². The predicted octanol–water partition coefficient (Wildman–Crippen LogP) is 3.83. The average Bonchev–Trinajstić information content (AvgIpc) is 2.68. The van der Waals surface area contributed by atoms with E-state index in [4.69, 9.17) is 0 Å². The molecule has 1 unspecified atom stereocenters. The number of likely N-dealkylation sites (N-methyl/N-ethyl adjacent to an activating group) is 1. The highest BCUT2D eigenvalue weighted by Gasteiger charge is 2.20. The van der Waals surface area contributed by atoms with Gasteiger partial charge < -0.3 is 5.32 Å². The smallest absolute Gasteiger partial charge is 0.130 e. The highest BCUT2D eigenvalue weighted by atomic mass is 79.9. The number of hydrogen-bond acceptors (Lipinski definition) is 2. The molecule has 1 N–H and O–H groups in total. The Morgan fingerprint density at radius 1 is 1.38 bits per heavy atom. The van der Waals surface area contributed by atoms with Gasteiger partial charge in [-0.25, -0.2) is 4.39 Å². The van der Waals surface area contributed by atoms with E-state index in [0.717, 1.165) is 22.4 Å². The molecule has 0 fully saturated rings. The topological polar surface area (TPSA) is 29.9 Å². The van der Waals surface area contributed by atoms with E-state index in [2.05, 4.69) is 26.3 Å². The van der Waals surface area contributed by atoms with Crippen LogP contribution in [0.5, 0.6) is 0 Å². The molecular weight excluding hydrogens is 333 g/mol. The largest absolute Gasteiger partial charge is 0.310 e. The van der Waals surface area contributed by atoms with Gasteiger partial charge in [0.25, 0.3) is 0 Å². The SMILES string of the molecule is CCNC(Cc1c(Br)c(C)nn1C)c1cccc(C)c1F. The molecule has 21 heavy (non-hydrogen) atoms. The third-order valence-electron chi connectivity index (χ3n) is 3.71. The summed E-state index contributed by atoms with van der Waals surface area (Å²) >= 11 is 3.58. The normalized spacial score (nSPS) is 12.7. The van der Waals surface area contributed by atoms with Crippen molar-refractivity contribution in [2.45, 2.75) is 33.2 Å². The molecular formula is C16H21BrFN3. The van der Waals surface area contributed by atoms with Crippen LogP contribution in [0.1, 0.15) is 35.5 Å². The zero-order valence-electron chi connectivity index (χ0n) is 12.9.